The zero-order valence-corrected chi connectivity index (χ0v) is 7.65. The first kappa shape index (κ1) is 8.87. The van der Waals surface area contributed by atoms with E-state index in [0.717, 1.165) is 18.4 Å². The van der Waals surface area contributed by atoms with Gasteiger partial charge in [-0.15, -0.1) is 6.42 Å². The van der Waals surface area contributed by atoms with Crippen LogP contribution in [0.3, 0.4) is 0 Å². The molecule has 12 heavy (non-hydrogen) atoms. The molecule has 0 bridgehead atoms. The number of hydrogen-bond acceptors (Lipinski definition) is 0. The van der Waals surface area contributed by atoms with E-state index < -0.39 is 0 Å². The Balaban J connectivity index is 3.24. The molecular weight excluding hydrogens is 144 g/mol. The predicted octanol–water partition coefficient (Wildman–Crippen LogP) is 2.59. The summed E-state index contributed by atoms with van der Waals surface area (Å²) in [5.41, 5.74) is 3.63. The van der Waals surface area contributed by atoms with Crippen molar-refractivity contribution in [1.29, 1.82) is 0 Å². The molecule has 0 saturated carbocycles. The van der Waals surface area contributed by atoms with Crippen LogP contribution in [-0.4, -0.2) is 0 Å². The minimum atomic E-state index is 0.997. The molecule has 0 fully saturated rings. The Morgan fingerprint density at radius 1 is 1.33 bits per heavy atom. The third kappa shape index (κ3) is 1.51. The normalized spacial score (nSPS) is 9.42. The Kier molecular flexibility index (Phi) is 2.94. The molecule has 0 aromatic heterocycles. The van der Waals surface area contributed by atoms with Crippen LogP contribution in [0.4, 0.5) is 0 Å². The lowest BCUT2D eigenvalue weighted by Gasteiger charge is -2.06. The maximum absolute atomic E-state index is 5.38. The molecule has 0 spiro atoms. The van der Waals surface area contributed by atoms with E-state index in [1.54, 1.807) is 0 Å². The van der Waals surface area contributed by atoms with E-state index in [0.29, 0.717) is 0 Å². The van der Waals surface area contributed by atoms with Crippen molar-refractivity contribution in [2.75, 3.05) is 0 Å². The van der Waals surface area contributed by atoms with E-state index >= 15 is 0 Å². The largest absolute Gasteiger partial charge is 0.115 e. The predicted molar refractivity (Wildman–Crippen MR) is 52.0 cm³/mol. The van der Waals surface area contributed by atoms with Crippen molar-refractivity contribution in [3.63, 3.8) is 0 Å². The van der Waals surface area contributed by atoms with Gasteiger partial charge in [-0.05, 0) is 36.1 Å². The molecule has 1 radical (unpaired) electrons. The fourth-order valence-electron chi connectivity index (χ4n) is 1.43. The average molecular weight is 157 g/mol. The van der Waals surface area contributed by atoms with Gasteiger partial charge in [0.1, 0.15) is 0 Å². The van der Waals surface area contributed by atoms with Gasteiger partial charge >= 0.3 is 0 Å². The zero-order chi connectivity index (χ0) is 8.97. The van der Waals surface area contributed by atoms with Gasteiger partial charge in [-0.25, -0.2) is 0 Å². The van der Waals surface area contributed by atoms with Crippen LogP contribution in [0.25, 0.3) is 0 Å². The van der Waals surface area contributed by atoms with Crippen molar-refractivity contribution in [2.45, 2.75) is 26.7 Å². The van der Waals surface area contributed by atoms with Crippen molar-refractivity contribution >= 4 is 0 Å². The Labute approximate surface area is 74.6 Å². The molecule has 0 heterocycles. The maximum atomic E-state index is 5.38. The summed E-state index contributed by atoms with van der Waals surface area (Å²) in [6.07, 6.45) is 7.43. The van der Waals surface area contributed by atoms with Gasteiger partial charge in [-0.3, -0.25) is 0 Å². The highest BCUT2D eigenvalue weighted by Gasteiger charge is 2.02. The highest BCUT2D eigenvalue weighted by atomic mass is 14.1. The van der Waals surface area contributed by atoms with Crippen LogP contribution < -0.4 is 0 Å². The van der Waals surface area contributed by atoms with E-state index in [2.05, 4.69) is 25.8 Å². The van der Waals surface area contributed by atoms with Gasteiger partial charge in [0, 0.05) is 5.56 Å². The summed E-state index contributed by atoms with van der Waals surface area (Å²) in [5, 5.41) is 0. The summed E-state index contributed by atoms with van der Waals surface area (Å²) in [6.45, 7) is 4.28. The summed E-state index contributed by atoms with van der Waals surface area (Å²) in [7, 11) is 0. The monoisotopic (exact) mass is 157 g/mol. The molecule has 0 amide bonds. The number of hydrogen-bond donors (Lipinski definition) is 0. The first-order valence-corrected chi connectivity index (χ1v) is 4.31. The fraction of sp³-hybridized carbons (Fsp3) is 0.333. The van der Waals surface area contributed by atoms with E-state index in [1.165, 1.54) is 11.1 Å². The van der Waals surface area contributed by atoms with Crippen LogP contribution in [0.15, 0.2) is 12.1 Å². The highest BCUT2D eigenvalue weighted by Crippen LogP contribution is 2.14. The van der Waals surface area contributed by atoms with E-state index in [-0.39, 0.29) is 0 Å². The van der Waals surface area contributed by atoms with E-state index in [4.69, 9.17) is 6.42 Å². The Morgan fingerprint density at radius 3 is 2.58 bits per heavy atom. The molecule has 1 rings (SSSR count). The van der Waals surface area contributed by atoms with E-state index in [9.17, 15) is 0 Å². The van der Waals surface area contributed by atoms with Gasteiger partial charge in [0.25, 0.3) is 0 Å². The minimum Gasteiger partial charge on any atom is -0.115 e. The Hall–Kier alpha value is -1.22. The minimum absolute atomic E-state index is 0.997. The van der Waals surface area contributed by atoms with Crippen LogP contribution in [0, 0.1) is 18.4 Å². The first-order valence-electron chi connectivity index (χ1n) is 4.31. The van der Waals surface area contributed by atoms with Gasteiger partial charge in [-0.1, -0.05) is 25.8 Å². The Bertz CT molecular complexity index is 302. The molecule has 0 saturated heterocycles. The summed E-state index contributed by atoms with van der Waals surface area (Å²) in [4.78, 5) is 0. The average Bonchev–Trinajstić information content (AvgIpc) is 2.16. The molecule has 1 aromatic carbocycles. The van der Waals surface area contributed by atoms with Crippen LogP contribution in [0.2, 0.25) is 0 Å². The standard InChI is InChI=1S/C12H13/c1-4-10-8-7-9-11(5-2)12(10)6-3/h1,8-9H,5-6H2,2-3H3. The lowest BCUT2D eigenvalue weighted by Crippen LogP contribution is -1.94. The summed E-state index contributed by atoms with van der Waals surface area (Å²) < 4.78 is 0. The second-order valence-electron chi connectivity index (χ2n) is 2.72. The smallest absolute Gasteiger partial charge is 0.0283 e. The summed E-state index contributed by atoms with van der Waals surface area (Å²) >= 11 is 0. The lowest BCUT2D eigenvalue weighted by atomic mass is 9.98. The van der Waals surface area contributed by atoms with Crippen molar-refractivity contribution in [1.82, 2.24) is 0 Å². The fourth-order valence-corrected chi connectivity index (χ4v) is 1.43. The highest BCUT2D eigenvalue weighted by molar-refractivity contribution is 5.44. The molecule has 0 N–H and O–H groups in total. The van der Waals surface area contributed by atoms with Gasteiger partial charge in [-0.2, -0.15) is 0 Å². The van der Waals surface area contributed by atoms with Crippen LogP contribution in [0.1, 0.15) is 30.5 Å². The third-order valence-corrected chi connectivity index (χ3v) is 2.09. The third-order valence-electron chi connectivity index (χ3n) is 2.09. The van der Waals surface area contributed by atoms with Gasteiger partial charge in [0.2, 0.25) is 0 Å². The van der Waals surface area contributed by atoms with E-state index in [1.807, 2.05) is 12.1 Å². The zero-order valence-electron chi connectivity index (χ0n) is 7.65. The van der Waals surface area contributed by atoms with Crippen molar-refractivity contribution < 1.29 is 0 Å². The number of rotatable bonds is 2. The summed E-state index contributed by atoms with van der Waals surface area (Å²) in [6, 6.07) is 6.98. The molecule has 61 valence electrons. The van der Waals surface area contributed by atoms with Crippen molar-refractivity contribution in [3.8, 4) is 12.3 Å². The van der Waals surface area contributed by atoms with Gasteiger partial charge < -0.3 is 0 Å². The topological polar surface area (TPSA) is 0 Å². The van der Waals surface area contributed by atoms with Crippen LogP contribution in [-0.2, 0) is 12.8 Å². The molecule has 0 aliphatic heterocycles. The SMILES string of the molecule is C#Cc1c[c]cc(CC)c1CC. The quantitative estimate of drug-likeness (QED) is 0.579. The molecular formula is C12H13. The lowest BCUT2D eigenvalue weighted by molar-refractivity contribution is 1.03. The van der Waals surface area contributed by atoms with Crippen molar-refractivity contribution in [3.05, 3.63) is 34.9 Å². The molecule has 0 atom stereocenters. The molecule has 0 nitrogen and oxygen atoms in total. The second-order valence-corrected chi connectivity index (χ2v) is 2.72. The maximum Gasteiger partial charge on any atom is 0.0283 e. The molecule has 0 heteroatoms. The van der Waals surface area contributed by atoms with Gasteiger partial charge in [0.05, 0.1) is 0 Å². The number of aryl methyl sites for hydroxylation is 1. The van der Waals surface area contributed by atoms with Crippen LogP contribution in [0.5, 0.6) is 0 Å². The van der Waals surface area contributed by atoms with Gasteiger partial charge in [0.15, 0.2) is 0 Å². The molecule has 0 aliphatic rings. The number of terminal acetylenes is 1. The second kappa shape index (κ2) is 3.97. The molecule has 0 aliphatic carbocycles. The Morgan fingerprint density at radius 2 is 2.08 bits per heavy atom. The van der Waals surface area contributed by atoms with Crippen LogP contribution >= 0.6 is 0 Å². The molecule has 0 unspecified atom stereocenters. The summed E-state index contributed by atoms with van der Waals surface area (Å²) in [5.74, 6) is 2.69. The number of benzene rings is 1. The van der Waals surface area contributed by atoms with Crippen molar-refractivity contribution in [2.24, 2.45) is 0 Å². The first-order chi connectivity index (χ1) is 5.83. The molecule has 1 aromatic rings.